The van der Waals surface area contributed by atoms with Crippen LogP contribution in [0.4, 0.5) is 32.1 Å². The van der Waals surface area contributed by atoms with E-state index in [1.165, 1.54) is 25.4 Å². The summed E-state index contributed by atoms with van der Waals surface area (Å²) in [6, 6.07) is 8.84. The van der Waals surface area contributed by atoms with Gasteiger partial charge in [-0.15, -0.1) is 0 Å². The zero-order valence-electron chi connectivity index (χ0n) is 18.3. The lowest BCUT2D eigenvalue weighted by Gasteiger charge is -2.32. The van der Waals surface area contributed by atoms with E-state index in [0.29, 0.717) is 43.5 Å². The Balaban J connectivity index is 1.39. The molecule has 1 fully saturated rings. The summed E-state index contributed by atoms with van der Waals surface area (Å²) < 4.78 is 32.7. The molecule has 2 N–H and O–H groups in total. The molecule has 1 saturated heterocycles. The van der Waals surface area contributed by atoms with Crippen molar-refractivity contribution in [3.63, 3.8) is 0 Å². The molecule has 172 valence electrons. The molecule has 3 aromatic rings. The van der Waals surface area contributed by atoms with Crippen molar-refractivity contribution in [1.29, 1.82) is 0 Å². The van der Waals surface area contributed by atoms with E-state index in [1.807, 2.05) is 30.0 Å². The summed E-state index contributed by atoms with van der Waals surface area (Å²) in [6.45, 7) is 4.59. The summed E-state index contributed by atoms with van der Waals surface area (Å²) in [7, 11) is 0. The minimum atomic E-state index is -0.705. The molecule has 0 radical (unpaired) electrons. The second-order valence-corrected chi connectivity index (χ2v) is 7.77. The van der Waals surface area contributed by atoms with Crippen LogP contribution in [0.3, 0.4) is 0 Å². The number of carbonyl (C=O) groups is 1. The number of benzene rings is 2. The number of piperidine rings is 1. The highest BCUT2D eigenvalue weighted by Gasteiger charge is 2.23. The van der Waals surface area contributed by atoms with Gasteiger partial charge in [0.05, 0.1) is 0 Å². The zero-order valence-corrected chi connectivity index (χ0v) is 18.3. The van der Waals surface area contributed by atoms with E-state index in [-0.39, 0.29) is 17.8 Å². The van der Waals surface area contributed by atoms with Gasteiger partial charge in [-0.2, -0.15) is 4.98 Å². The van der Waals surface area contributed by atoms with Crippen LogP contribution in [-0.4, -0.2) is 40.1 Å². The Kier molecular flexibility index (Phi) is 6.62. The fourth-order valence-electron chi connectivity index (χ4n) is 3.64. The molecule has 2 aromatic carbocycles. The van der Waals surface area contributed by atoms with Crippen molar-refractivity contribution in [3.8, 4) is 5.75 Å². The Morgan fingerprint density at radius 3 is 2.61 bits per heavy atom. The van der Waals surface area contributed by atoms with Gasteiger partial charge in [0, 0.05) is 50.3 Å². The summed E-state index contributed by atoms with van der Waals surface area (Å²) >= 11 is 0. The molecule has 0 bridgehead atoms. The average molecular weight is 454 g/mol. The van der Waals surface area contributed by atoms with Gasteiger partial charge >= 0.3 is 0 Å². The van der Waals surface area contributed by atoms with E-state index >= 15 is 0 Å². The van der Waals surface area contributed by atoms with Gasteiger partial charge in [0.15, 0.2) is 11.6 Å². The van der Waals surface area contributed by atoms with Crippen LogP contribution in [0.25, 0.3) is 0 Å². The Labute approximate surface area is 190 Å². The average Bonchev–Trinajstić information content (AvgIpc) is 2.79. The summed E-state index contributed by atoms with van der Waals surface area (Å²) in [5.74, 6) is -0.524. The highest BCUT2D eigenvalue weighted by Crippen LogP contribution is 2.27. The topological polar surface area (TPSA) is 92.3 Å². The van der Waals surface area contributed by atoms with Crippen molar-refractivity contribution in [2.45, 2.75) is 32.8 Å². The van der Waals surface area contributed by atoms with Crippen molar-refractivity contribution in [2.24, 2.45) is 0 Å². The molecule has 0 spiro atoms. The predicted octanol–water partition coefficient (Wildman–Crippen LogP) is 4.21. The molecule has 33 heavy (non-hydrogen) atoms. The van der Waals surface area contributed by atoms with Gasteiger partial charge < -0.3 is 20.3 Å². The quantitative estimate of drug-likeness (QED) is 0.577. The molecule has 0 unspecified atom stereocenters. The number of aromatic nitrogens is 3. The zero-order chi connectivity index (χ0) is 23.4. The lowest BCUT2D eigenvalue weighted by Crippen LogP contribution is -2.39. The van der Waals surface area contributed by atoms with E-state index < -0.39 is 11.6 Å². The van der Waals surface area contributed by atoms with Crippen LogP contribution >= 0.6 is 0 Å². The molecule has 1 aliphatic rings. The largest absolute Gasteiger partial charge is 0.487 e. The van der Waals surface area contributed by atoms with E-state index in [1.54, 1.807) is 0 Å². The molecule has 10 heteroatoms. The third-order valence-electron chi connectivity index (χ3n) is 5.36. The minimum Gasteiger partial charge on any atom is -0.487 e. The summed E-state index contributed by atoms with van der Waals surface area (Å²) in [6.07, 6.45) is 2.54. The van der Waals surface area contributed by atoms with Gasteiger partial charge in [0.2, 0.25) is 17.8 Å². The van der Waals surface area contributed by atoms with E-state index in [9.17, 15) is 13.6 Å². The third kappa shape index (κ3) is 5.51. The third-order valence-corrected chi connectivity index (χ3v) is 5.36. The molecular weight excluding hydrogens is 430 g/mol. The molecular formula is C23H24F2N6O2. The summed E-state index contributed by atoms with van der Waals surface area (Å²) in [5.41, 5.74) is 2.34. The summed E-state index contributed by atoms with van der Waals surface area (Å²) in [5, 5.41) is 5.98. The van der Waals surface area contributed by atoms with Crippen LogP contribution in [0.2, 0.25) is 0 Å². The molecule has 1 amide bonds. The highest BCUT2D eigenvalue weighted by molar-refractivity contribution is 5.90. The molecule has 0 saturated carbocycles. The van der Waals surface area contributed by atoms with E-state index in [0.717, 1.165) is 17.3 Å². The monoisotopic (exact) mass is 454 g/mol. The number of carbonyl (C=O) groups excluding carboxylic acids is 1. The van der Waals surface area contributed by atoms with Crippen molar-refractivity contribution in [2.75, 3.05) is 28.6 Å². The SMILES string of the molecule is CC(=O)Nc1cccc(Nc2ncnc(N3CCC(Oc4ccc(F)cc4F)CC3)n2)c1C. The molecule has 1 aliphatic heterocycles. The predicted molar refractivity (Wildman–Crippen MR) is 121 cm³/mol. The van der Waals surface area contributed by atoms with Crippen LogP contribution in [0, 0.1) is 18.6 Å². The lowest BCUT2D eigenvalue weighted by molar-refractivity contribution is -0.114. The highest BCUT2D eigenvalue weighted by atomic mass is 19.1. The number of amides is 1. The van der Waals surface area contributed by atoms with Crippen LogP contribution in [-0.2, 0) is 4.79 Å². The Hall–Kier alpha value is -3.82. The molecule has 8 nitrogen and oxygen atoms in total. The van der Waals surface area contributed by atoms with E-state index in [4.69, 9.17) is 4.74 Å². The maximum atomic E-state index is 13.9. The minimum absolute atomic E-state index is 0.0540. The first kappa shape index (κ1) is 22.4. The first-order chi connectivity index (χ1) is 15.9. The normalized spacial score (nSPS) is 14.1. The standard InChI is InChI=1S/C23H24F2N6O2/c1-14-19(28-15(2)32)4-3-5-20(14)29-22-26-13-27-23(30-22)31-10-8-17(9-11-31)33-21-7-6-16(24)12-18(21)25/h3-7,12-13,17H,8-11H2,1-2H3,(H,28,32)(H,26,27,29,30). The molecule has 0 atom stereocenters. The van der Waals surface area contributed by atoms with Gasteiger partial charge in [-0.1, -0.05) is 6.07 Å². The second kappa shape index (κ2) is 9.76. The second-order valence-electron chi connectivity index (χ2n) is 7.77. The van der Waals surface area contributed by atoms with Gasteiger partial charge in [-0.3, -0.25) is 4.79 Å². The van der Waals surface area contributed by atoms with Crippen LogP contribution in [0.15, 0.2) is 42.7 Å². The first-order valence-electron chi connectivity index (χ1n) is 10.6. The molecule has 4 rings (SSSR count). The van der Waals surface area contributed by atoms with Crippen molar-refractivity contribution in [3.05, 3.63) is 59.9 Å². The van der Waals surface area contributed by atoms with Crippen molar-refractivity contribution < 1.29 is 18.3 Å². The number of nitrogens with zero attached hydrogens (tertiary/aromatic N) is 4. The maximum Gasteiger partial charge on any atom is 0.232 e. The van der Waals surface area contributed by atoms with Gasteiger partial charge in [0.25, 0.3) is 0 Å². The number of hydrogen-bond donors (Lipinski definition) is 2. The van der Waals surface area contributed by atoms with E-state index in [2.05, 4.69) is 25.6 Å². The number of nitrogens with one attached hydrogen (secondary N) is 2. The fraction of sp³-hybridized carbons (Fsp3) is 0.304. The van der Waals surface area contributed by atoms with Gasteiger partial charge in [-0.05, 0) is 36.8 Å². The number of halogens is 2. The van der Waals surface area contributed by atoms with Crippen molar-refractivity contribution >= 4 is 29.2 Å². The number of ether oxygens (including phenoxy) is 1. The van der Waals surface area contributed by atoms with Crippen LogP contribution < -0.4 is 20.3 Å². The number of rotatable bonds is 6. The Morgan fingerprint density at radius 2 is 1.88 bits per heavy atom. The lowest BCUT2D eigenvalue weighted by atomic mass is 10.1. The van der Waals surface area contributed by atoms with Gasteiger partial charge in [-0.25, -0.2) is 18.7 Å². The molecule has 1 aromatic heterocycles. The van der Waals surface area contributed by atoms with Crippen LogP contribution in [0.1, 0.15) is 25.3 Å². The Morgan fingerprint density at radius 1 is 1.12 bits per heavy atom. The first-order valence-corrected chi connectivity index (χ1v) is 10.6. The molecule has 0 aliphatic carbocycles. The van der Waals surface area contributed by atoms with Gasteiger partial charge in [0.1, 0.15) is 18.2 Å². The smallest absolute Gasteiger partial charge is 0.232 e. The maximum absolute atomic E-state index is 13.9. The fourth-order valence-corrected chi connectivity index (χ4v) is 3.64. The summed E-state index contributed by atoms with van der Waals surface area (Å²) in [4.78, 5) is 26.4. The number of anilines is 4. The van der Waals surface area contributed by atoms with Crippen molar-refractivity contribution in [1.82, 2.24) is 15.0 Å². The van der Waals surface area contributed by atoms with Crippen LogP contribution in [0.5, 0.6) is 5.75 Å². The molecule has 2 heterocycles. The Bertz CT molecular complexity index is 1150. The number of hydrogen-bond acceptors (Lipinski definition) is 7.